The summed E-state index contributed by atoms with van der Waals surface area (Å²) in [7, 11) is -1.28. The highest BCUT2D eigenvalue weighted by atomic mass is 35.5. The molecule has 0 N–H and O–H groups in total. The van der Waals surface area contributed by atoms with Gasteiger partial charge in [0.15, 0.2) is 9.84 Å². The Labute approximate surface area is 102 Å². The van der Waals surface area contributed by atoms with Crippen molar-refractivity contribution >= 4 is 27.3 Å². The molecule has 0 aromatic heterocycles. The van der Waals surface area contributed by atoms with Crippen molar-refractivity contribution in [1.29, 1.82) is 0 Å². The van der Waals surface area contributed by atoms with Crippen LogP contribution in [-0.2, 0) is 14.6 Å². The normalized spacial score (nSPS) is 25.3. The van der Waals surface area contributed by atoms with E-state index in [1.165, 1.54) is 0 Å². The predicted octanol–water partition coefficient (Wildman–Crippen LogP) is 0.897. The Hall–Kier alpha value is -0.290. The van der Waals surface area contributed by atoms with E-state index in [-0.39, 0.29) is 28.7 Å². The average Bonchev–Trinajstić information content (AvgIpc) is 2.54. The molecule has 2 unspecified atom stereocenters. The van der Waals surface area contributed by atoms with Crippen LogP contribution >= 0.6 is 11.6 Å². The molecule has 6 heteroatoms. The number of alkyl halides is 1. The second kappa shape index (κ2) is 5.36. The Morgan fingerprint density at radius 2 is 2.19 bits per heavy atom. The van der Waals surface area contributed by atoms with Gasteiger partial charge in [0.05, 0.1) is 17.4 Å². The summed E-state index contributed by atoms with van der Waals surface area (Å²) in [6.45, 7) is 2.46. The van der Waals surface area contributed by atoms with E-state index in [2.05, 4.69) is 0 Å². The molecular formula is C10H18ClNO3S. The van der Waals surface area contributed by atoms with Crippen LogP contribution in [0.1, 0.15) is 19.8 Å². The lowest BCUT2D eigenvalue weighted by molar-refractivity contribution is -0.133. The number of rotatable bonds is 4. The molecule has 0 bridgehead atoms. The lowest BCUT2D eigenvalue weighted by atomic mass is 10.1. The van der Waals surface area contributed by atoms with Crippen molar-refractivity contribution in [2.75, 3.05) is 25.1 Å². The summed E-state index contributed by atoms with van der Waals surface area (Å²) in [6, 6.07) is 0. The number of sulfone groups is 1. The molecule has 1 saturated heterocycles. The fraction of sp³-hybridized carbons (Fsp3) is 0.900. The molecular weight excluding hydrogens is 250 g/mol. The summed E-state index contributed by atoms with van der Waals surface area (Å²) in [5.41, 5.74) is 0. The zero-order chi connectivity index (χ0) is 12.3. The van der Waals surface area contributed by atoms with E-state index in [9.17, 15) is 13.2 Å². The van der Waals surface area contributed by atoms with Gasteiger partial charge in [-0.25, -0.2) is 8.42 Å². The maximum Gasteiger partial charge on any atom is 0.226 e. The van der Waals surface area contributed by atoms with Gasteiger partial charge in [-0.05, 0) is 19.8 Å². The summed E-state index contributed by atoms with van der Waals surface area (Å²) in [5, 5.41) is 0.0301. The SMILES string of the molecule is CC(Cl)CCN(C)C(=O)C1CCS(=O)(=O)C1. The number of carbonyl (C=O) groups is 1. The second-order valence-corrected chi connectivity index (χ2v) is 7.40. The summed E-state index contributed by atoms with van der Waals surface area (Å²) in [6.07, 6.45) is 1.19. The monoisotopic (exact) mass is 267 g/mol. The third-order valence-electron chi connectivity index (χ3n) is 2.82. The number of hydrogen-bond acceptors (Lipinski definition) is 3. The van der Waals surface area contributed by atoms with Gasteiger partial charge in [-0.15, -0.1) is 11.6 Å². The minimum absolute atomic E-state index is 0.00655. The molecule has 1 amide bonds. The lowest BCUT2D eigenvalue weighted by Gasteiger charge is -2.20. The Balaban J connectivity index is 2.46. The van der Waals surface area contributed by atoms with Gasteiger partial charge >= 0.3 is 0 Å². The molecule has 0 aromatic rings. The first kappa shape index (κ1) is 13.8. The van der Waals surface area contributed by atoms with Crippen LogP contribution in [-0.4, -0.2) is 49.7 Å². The van der Waals surface area contributed by atoms with E-state index >= 15 is 0 Å². The van der Waals surface area contributed by atoms with Crippen LogP contribution in [0.4, 0.5) is 0 Å². The van der Waals surface area contributed by atoms with Gasteiger partial charge in [0.2, 0.25) is 5.91 Å². The van der Waals surface area contributed by atoms with Crippen molar-refractivity contribution in [3.63, 3.8) is 0 Å². The van der Waals surface area contributed by atoms with Crippen LogP contribution in [0, 0.1) is 5.92 Å². The first-order valence-corrected chi connectivity index (χ1v) is 7.67. The van der Waals surface area contributed by atoms with Crippen molar-refractivity contribution in [3.05, 3.63) is 0 Å². The van der Waals surface area contributed by atoms with Crippen molar-refractivity contribution in [1.82, 2.24) is 4.90 Å². The summed E-state index contributed by atoms with van der Waals surface area (Å²) >= 11 is 5.80. The first-order valence-electron chi connectivity index (χ1n) is 5.41. The Morgan fingerprint density at radius 1 is 1.56 bits per heavy atom. The van der Waals surface area contributed by atoms with Gasteiger partial charge in [0.25, 0.3) is 0 Å². The molecule has 1 fully saturated rings. The molecule has 1 heterocycles. The van der Waals surface area contributed by atoms with Crippen LogP contribution < -0.4 is 0 Å². The standard InChI is InChI=1S/C10H18ClNO3S/c1-8(11)3-5-12(2)10(13)9-4-6-16(14,15)7-9/h8-9H,3-7H2,1-2H3. The first-order chi connectivity index (χ1) is 7.32. The highest BCUT2D eigenvalue weighted by Crippen LogP contribution is 2.20. The second-order valence-electron chi connectivity index (χ2n) is 4.43. The van der Waals surface area contributed by atoms with E-state index in [1.54, 1.807) is 11.9 Å². The molecule has 0 radical (unpaired) electrons. The summed E-state index contributed by atoms with van der Waals surface area (Å²) in [5.74, 6) is -0.269. The average molecular weight is 268 g/mol. The lowest BCUT2D eigenvalue weighted by Crippen LogP contribution is -2.34. The quantitative estimate of drug-likeness (QED) is 0.711. The molecule has 1 aliphatic rings. The third-order valence-corrected chi connectivity index (χ3v) is 4.81. The van der Waals surface area contributed by atoms with E-state index < -0.39 is 9.84 Å². The largest absolute Gasteiger partial charge is 0.345 e. The Kier molecular flexibility index (Phi) is 4.62. The van der Waals surface area contributed by atoms with Crippen LogP contribution in [0.5, 0.6) is 0 Å². The van der Waals surface area contributed by atoms with Gasteiger partial charge in [-0.3, -0.25) is 4.79 Å². The van der Waals surface area contributed by atoms with E-state index in [1.807, 2.05) is 6.92 Å². The summed E-state index contributed by atoms with van der Waals surface area (Å²) < 4.78 is 22.5. The predicted molar refractivity (Wildman–Crippen MR) is 64.3 cm³/mol. The highest BCUT2D eigenvalue weighted by molar-refractivity contribution is 7.91. The van der Waals surface area contributed by atoms with Gasteiger partial charge in [0.1, 0.15) is 0 Å². The molecule has 4 nitrogen and oxygen atoms in total. The smallest absolute Gasteiger partial charge is 0.226 e. The summed E-state index contributed by atoms with van der Waals surface area (Å²) in [4.78, 5) is 13.5. The van der Waals surface area contributed by atoms with Crippen molar-refractivity contribution < 1.29 is 13.2 Å². The van der Waals surface area contributed by atoms with E-state index in [0.717, 1.165) is 6.42 Å². The van der Waals surface area contributed by atoms with Crippen molar-refractivity contribution in [3.8, 4) is 0 Å². The van der Waals surface area contributed by atoms with Gasteiger partial charge < -0.3 is 4.90 Å². The molecule has 2 atom stereocenters. The molecule has 1 aliphatic heterocycles. The number of halogens is 1. The minimum Gasteiger partial charge on any atom is -0.345 e. The molecule has 0 aliphatic carbocycles. The highest BCUT2D eigenvalue weighted by Gasteiger charge is 2.34. The van der Waals surface area contributed by atoms with Crippen LogP contribution in [0.2, 0.25) is 0 Å². The maximum absolute atomic E-state index is 11.9. The molecule has 0 saturated carbocycles. The van der Waals surface area contributed by atoms with Gasteiger partial charge in [-0.2, -0.15) is 0 Å². The zero-order valence-corrected chi connectivity index (χ0v) is 11.2. The molecule has 1 rings (SSSR count). The molecule has 0 aromatic carbocycles. The number of nitrogens with zero attached hydrogens (tertiary/aromatic N) is 1. The zero-order valence-electron chi connectivity index (χ0n) is 9.65. The fourth-order valence-corrected chi connectivity index (χ4v) is 3.61. The number of hydrogen-bond donors (Lipinski definition) is 0. The van der Waals surface area contributed by atoms with E-state index in [4.69, 9.17) is 11.6 Å². The van der Waals surface area contributed by atoms with Crippen LogP contribution in [0.3, 0.4) is 0 Å². The van der Waals surface area contributed by atoms with Gasteiger partial charge in [0, 0.05) is 19.0 Å². The Morgan fingerprint density at radius 3 is 2.62 bits per heavy atom. The Bertz CT molecular complexity index is 353. The van der Waals surface area contributed by atoms with Crippen molar-refractivity contribution in [2.24, 2.45) is 5.92 Å². The molecule has 94 valence electrons. The topological polar surface area (TPSA) is 54.5 Å². The maximum atomic E-state index is 11.9. The molecule has 16 heavy (non-hydrogen) atoms. The number of carbonyl (C=O) groups excluding carboxylic acids is 1. The van der Waals surface area contributed by atoms with Crippen LogP contribution in [0.25, 0.3) is 0 Å². The molecule has 0 spiro atoms. The van der Waals surface area contributed by atoms with Gasteiger partial charge in [-0.1, -0.05) is 0 Å². The number of amides is 1. The minimum atomic E-state index is -2.98. The van der Waals surface area contributed by atoms with E-state index in [0.29, 0.717) is 13.0 Å². The third kappa shape index (κ3) is 3.94. The fourth-order valence-electron chi connectivity index (χ4n) is 1.78. The van der Waals surface area contributed by atoms with Crippen LogP contribution in [0.15, 0.2) is 0 Å². The van der Waals surface area contributed by atoms with Crippen molar-refractivity contribution in [2.45, 2.75) is 25.1 Å².